The van der Waals surface area contributed by atoms with Crippen molar-refractivity contribution < 1.29 is 0 Å². The molecule has 0 bridgehead atoms. The fraction of sp³-hybridized carbons (Fsp3) is 0.400. The second kappa shape index (κ2) is 6.44. The van der Waals surface area contributed by atoms with Crippen LogP contribution in [-0.4, -0.2) is 12.6 Å². The van der Waals surface area contributed by atoms with E-state index in [1.54, 1.807) is 0 Å². The summed E-state index contributed by atoms with van der Waals surface area (Å²) in [4.78, 5) is 0. The van der Waals surface area contributed by atoms with Gasteiger partial charge in [0.2, 0.25) is 0 Å². The lowest BCUT2D eigenvalue weighted by atomic mass is 9.84. The third-order valence-electron chi connectivity index (χ3n) is 4.67. The molecule has 0 heterocycles. The summed E-state index contributed by atoms with van der Waals surface area (Å²) in [5.41, 5.74) is 6.13. The Morgan fingerprint density at radius 2 is 1.48 bits per heavy atom. The van der Waals surface area contributed by atoms with Crippen molar-refractivity contribution >= 4 is 0 Å². The molecule has 0 spiro atoms. The zero-order valence-corrected chi connectivity index (χ0v) is 13.1. The molecule has 110 valence electrons. The Bertz CT molecular complexity index is 555. The van der Waals surface area contributed by atoms with Gasteiger partial charge in [0.25, 0.3) is 0 Å². The molecule has 1 atom stereocenters. The van der Waals surface area contributed by atoms with E-state index in [9.17, 15) is 0 Å². The molecule has 0 radical (unpaired) electrons. The van der Waals surface area contributed by atoms with Gasteiger partial charge in [-0.1, -0.05) is 55.5 Å². The van der Waals surface area contributed by atoms with E-state index in [0.29, 0.717) is 12.0 Å². The van der Waals surface area contributed by atoms with E-state index in [1.807, 2.05) is 0 Å². The smallest absolute Gasteiger partial charge is 0.0109 e. The molecular formula is C20H25N. The van der Waals surface area contributed by atoms with E-state index in [2.05, 4.69) is 67.7 Å². The normalized spacial score (nSPS) is 15.9. The molecule has 1 nitrogen and oxygen atoms in total. The van der Waals surface area contributed by atoms with Crippen LogP contribution >= 0.6 is 0 Å². The fourth-order valence-electron chi connectivity index (χ4n) is 3.68. The van der Waals surface area contributed by atoms with Gasteiger partial charge in [0, 0.05) is 12.0 Å². The van der Waals surface area contributed by atoms with Crippen LogP contribution in [0.1, 0.15) is 48.4 Å². The highest BCUT2D eigenvalue weighted by atomic mass is 14.9. The summed E-state index contributed by atoms with van der Waals surface area (Å²) in [6, 6.07) is 18.6. The molecular weight excluding hydrogens is 254 g/mol. The van der Waals surface area contributed by atoms with E-state index < -0.39 is 0 Å². The SMILES string of the molecule is CCNC(C)CC1c2ccccc2CCc2ccccc21. The monoisotopic (exact) mass is 279 g/mol. The van der Waals surface area contributed by atoms with Crippen LogP contribution in [0.2, 0.25) is 0 Å². The molecule has 1 unspecified atom stereocenters. The van der Waals surface area contributed by atoms with E-state index in [4.69, 9.17) is 0 Å². The van der Waals surface area contributed by atoms with E-state index >= 15 is 0 Å². The summed E-state index contributed by atoms with van der Waals surface area (Å²) in [5, 5.41) is 3.57. The Hall–Kier alpha value is -1.60. The Labute approximate surface area is 128 Å². The summed E-state index contributed by atoms with van der Waals surface area (Å²) in [6.07, 6.45) is 3.50. The van der Waals surface area contributed by atoms with E-state index in [-0.39, 0.29) is 0 Å². The van der Waals surface area contributed by atoms with Gasteiger partial charge >= 0.3 is 0 Å². The lowest BCUT2D eigenvalue weighted by molar-refractivity contribution is 0.502. The zero-order valence-electron chi connectivity index (χ0n) is 13.1. The van der Waals surface area contributed by atoms with Crippen LogP contribution in [0.3, 0.4) is 0 Å². The lowest BCUT2D eigenvalue weighted by Crippen LogP contribution is -2.28. The average Bonchev–Trinajstić information content (AvgIpc) is 2.66. The molecule has 0 amide bonds. The zero-order chi connectivity index (χ0) is 14.7. The lowest BCUT2D eigenvalue weighted by Gasteiger charge is -2.24. The Kier molecular flexibility index (Phi) is 4.40. The molecule has 21 heavy (non-hydrogen) atoms. The Balaban J connectivity index is 2.02. The Morgan fingerprint density at radius 1 is 0.952 bits per heavy atom. The van der Waals surface area contributed by atoms with Crippen LogP contribution in [0.4, 0.5) is 0 Å². The predicted octanol–water partition coefficient (Wildman–Crippen LogP) is 4.31. The van der Waals surface area contributed by atoms with Crippen molar-refractivity contribution in [2.45, 2.75) is 45.1 Å². The number of nitrogens with one attached hydrogen (secondary N) is 1. The quantitative estimate of drug-likeness (QED) is 0.879. The van der Waals surface area contributed by atoms with Crippen molar-refractivity contribution in [2.75, 3.05) is 6.54 Å². The van der Waals surface area contributed by atoms with Crippen molar-refractivity contribution in [1.29, 1.82) is 0 Å². The standard InChI is InChI=1S/C20H25N/c1-3-21-15(2)14-20-18-10-6-4-8-16(18)12-13-17-9-5-7-11-19(17)20/h4-11,15,20-21H,3,12-14H2,1-2H3. The first kappa shape index (κ1) is 14.3. The second-order valence-corrected chi connectivity index (χ2v) is 6.14. The minimum absolute atomic E-state index is 0.522. The highest BCUT2D eigenvalue weighted by molar-refractivity contribution is 5.44. The summed E-state index contributed by atoms with van der Waals surface area (Å²) in [5.74, 6) is 0.522. The maximum atomic E-state index is 3.57. The minimum atomic E-state index is 0.522. The van der Waals surface area contributed by atoms with Crippen LogP contribution in [-0.2, 0) is 12.8 Å². The van der Waals surface area contributed by atoms with Crippen molar-refractivity contribution in [3.63, 3.8) is 0 Å². The first-order valence-electron chi connectivity index (χ1n) is 8.18. The van der Waals surface area contributed by atoms with Gasteiger partial charge in [0.1, 0.15) is 0 Å². The largest absolute Gasteiger partial charge is 0.314 e. The van der Waals surface area contributed by atoms with Crippen LogP contribution < -0.4 is 5.32 Å². The second-order valence-electron chi connectivity index (χ2n) is 6.14. The van der Waals surface area contributed by atoms with Crippen molar-refractivity contribution in [3.05, 3.63) is 70.8 Å². The van der Waals surface area contributed by atoms with Gasteiger partial charge in [-0.3, -0.25) is 0 Å². The fourth-order valence-corrected chi connectivity index (χ4v) is 3.68. The van der Waals surface area contributed by atoms with Crippen LogP contribution in [0.15, 0.2) is 48.5 Å². The maximum absolute atomic E-state index is 3.57. The van der Waals surface area contributed by atoms with Crippen LogP contribution in [0.25, 0.3) is 0 Å². The van der Waals surface area contributed by atoms with Crippen molar-refractivity contribution in [1.82, 2.24) is 5.32 Å². The molecule has 0 saturated heterocycles. The third-order valence-corrected chi connectivity index (χ3v) is 4.67. The highest BCUT2D eigenvalue weighted by Gasteiger charge is 2.24. The molecule has 3 rings (SSSR count). The summed E-state index contributed by atoms with van der Waals surface area (Å²) in [7, 11) is 0. The molecule has 0 fully saturated rings. The number of hydrogen-bond acceptors (Lipinski definition) is 1. The van der Waals surface area contributed by atoms with Crippen molar-refractivity contribution in [3.8, 4) is 0 Å². The van der Waals surface area contributed by atoms with Gasteiger partial charge in [-0.05, 0) is 55.0 Å². The first-order chi connectivity index (χ1) is 10.3. The number of aryl methyl sites for hydroxylation is 2. The molecule has 2 aromatic rings. The topological polar surface area (TPSA) is 12.0 Å². The van der Waals surface area contributed by atoms with E-state index in [0.717, 1.165) is 6.54 Å². The third kappa shape index (κ3) is 3.03. The van der Waals surface area contributed by atoms with E-state index in [1.165, 1.54) is 41.5 Å². The molecule has 0 aliphatic heterocycles. The van der Waals surface area contributed by atoms with Gasteiger partial charge in [-0.2, -0.15) is 0 Å². The molecule has 1 N–H and O–H groups in total. The van der Waals surface area contributed by atoms with Gasteiger partial charge in [0.05, 0.1) is 0 Å². The van der Waals surface area contributed by atoms with Crippen molar-refractivity contribution in [2.24, 2.45) is 0 Å². The predicted molar refractivity (Wildman–Crippen MR) is 89.9 cm³/mol. The number of rotatable bonds is 4. The molecule has 1 heteroatoms. The average molecular weight is 279 g/mol. The molecule has 0 saturated carbocycles. The summed E-state index contributed by atoms with van der Waals surface area (Å²) >= 11 is 0. The van der Waals surface area contributed by atoms with Crippen LogP contribution in [0.5, 0.6) is 0 Å². The first-order valence-corrected chi connectivity index (χ1v) is 8.18. The maximum Gasteiger partial charge on any atom is 0.0109 e. The molecule has 0 aromatic heterocycles. The van der Waals surface area contributed by atoms with Gasteiger partial charge in [-0.15, -0.1) is 0 Å². The molecule has 2 aromatic carbocycles. The molecule has 1 aliphatic rings. The van der Waals surface area contributed by atoms with Gasteiger partial charge in [-0.25, -0.2) is 0 Å². The Morgan fingerprint density at radius 3 is 2.00 bits per heavy atom. The number of fused-ring (bicyclic) bond motifs is 2. The van der Waals surface area contributed by atoms with Crippen LogP contribution in [0, 0.1) is 0 Å². The van der Waals surface area contributed by atoms with Gasteiger partial charge < -0.3 is 5.32 Å². The molecule has 1 aliphatic carbocycles. The summed E-state index contributed by atoms with van der Waals surface area (Å²) in [6.45, 7) is 5.53. The highest BCUT2D eigenvalue weighted by Crippen LogP contribution is 2.37. The minimum Gasteiger partial charge on any atom is -0.314 e. The number of hydrogen-bond donors (Lipinski definition) is 1. The number of benzene rings is 2. The summed E-state index contributed by atoms with van der Waals surface area (Å²) < 4.78 is 0. The van der Waals surface area contributed by atoms with Gasteiger partial charge in [0.15, 0.2) is 0 Å².